The van der Waals surface area contributed by atoms with Crippen LogP contribution in [0.25, 0.3) is 0 Å². The second kappa shape index (κ2) is 41.8. The largest absolute Gasteiger partial charge is 0.463 e. The van der Waals surface area contributed by atoms with Gasteiger partial charge in [0.05, 0.1) is 85.5 Å². The minimum Gasteiger partial charge on any atom is -0.463 e. The first-order valence-corrected chi connectivity index (χ1v) is 31.4. The number of nitrogens with one attached hydrogen (secondary N) is 1. The van der Waals surface area contributed by atoms with Gasteiger partial charge in [-0.25, -0.2) is 4.79 Å². The lowest BCUT2D eigenvalue weighted by Crippen LogP contribution is -2.68. The summed E-state index contributed by atoms with van der Waals surface area (Å²) in [4.78, 5) is 180. The van der Waals surface area contributed by atoms with E-state index >= 15 is 0 Å². The fourth-order valence-corrected chi connectivity index (χ4v) is 9.96. The molecule has 38 heteroatoms. The van der Waals surface area contributed by atoms with Crippen molar-refractivity contribution in [2.75, 3.05) is 91.2 Å². The van der Waals surface area contributed by atoms with Crippen LogP contribution in [0.2, 0.25) is 0 Å². The molecule has 4 aliphatic rings. The molecule has 100 heavy (non-hydrogen) atoms. The Kier molecular flexibility index (Phi) is 34.3. The maximum absolute atomic E-state index is 13.3. The van der Waals surface area contributed by atoms with Gasteiger partial charge in [0.25, 0.3) is 11.8 Å². The quantitative estimate of drug-likeness (QED) is 0.0380. The van der Waals surface area contributed by atoms with E-state index in [0.29, 0.717) is 5.06 Å². The summed E-state index contributed by atoms with van der Waals surface area (Å²) in [7, 11) is 0. The van der Waals surface area contributed by atoms with E-state index in [1.54, 1.807) is 0 Å². The third kappa shape index (κ3) is 28.2. The molecule has 3 amide bonds. The SMILES string of the molecule is CC(=O)OCC1O[C@H](O[C@@H]2C(OC(C)=O)[C@@H](Oc3ccc(NC(=O)CCOCCOCCOCCOCCOCCC(=O)ON4C(=O)CCC4=O)cc3)OC(CO[C@H]3OC(COC(C)=O)[C@@H](OC(C)=O)[C@H](OC(C)=O)C3OC(C)=O)[C@H]2OC(C)=O)C(OC(C)=O)[C@@H](OC(C)=O)[C@@H]1OC(C)=O. The van der Waals surface area contributed by atoms with Crippen LogP contribution < -0.4 is 10.1 Å². The average Bonchev–Trinajstić information content (AvgIpc) is 1.10. The van der Waals surface area contributed by atoms with Gasteiger partial charge in [-0.3, -0.25) is 62.3 Å². The van der Waals surface area contributed by atoms with E-state index in [2.05, 4.69) is 5.32 Å². The van der Waals surface area contributed by atoms with Crippen molar-refractivity contribution in [3.05, 3.63) is 24.3 Å². The minimum absolute atomic E-state index is 0.00137. The van der Waals surface area contributed by atoms with Gasteiger partial charge in [0.2, 0.25) is 12.2 Å². The second-order valence-electron chi connectivity index (χ2n) is 22.1. The highest BCUT2D eigenvalue weighted by Crippen LogP contribution is 2.38. The van der Waals surface area contributed by atoms with Crippen molar-refractivity contribution in [3.63, 3.8) is 0 Å². The van der Waals surface area contributed by atoms with E-state index < -0.39 is 195 Å². The maximum Gasteiger partial charge on any atom is 0.335 e. The molecule has 558 valence electrons. The number of esters is 10. The number of hydrogen-bond acceptors (Lipinski definition) is 36. The molecule has 4 aliphatic heterocycles. The smallest absolute Gasteiger partial charge is 0.335 e. The van der Waals surface area contributed by atoms with Crippen molar-refractivity contribution >= 4 is 89.1 Å². The second-order valence-corrected chi connectivity index (χ2v) is 22.1. The number of carbonyl (C=O) groups excluding carboxylic acids is 14. The number of nitrogens with zero attached hydrogens (tertiary/aromatic N) is 1. The highest BCUT2D eigenvalue weighted by Gasteiger charge is 2.59. The van der Waals surface area contributed by atoms with Crippen molar-refractivity contribution in [1.82, 2.24) is 5.06 Å². The predicted octanol–water partition coefficient (Wildman–Crippen LogP) is -0.369. The Morgan fingerprint density at radius 3 is 1.15 bits per heavy atom. The zero-order valence-corrected chi connectivity index (χ0v) is 56.6. The van der Waals surface area contributed by atoms with Gasteiger partial charge in [0.15, 0.2) is 61.4 Å². The van der Waals surface area contributed by atoms with Crippen LogP contribution >= 0.6 is 0 Å². The van der Waals surface area contributed by atoms with Crippen LogP contribution in [0.5, 0.6) is 5.75 Å². The fraction of sp³-hybridized carbons (Fsp3) is 0.677. The standard InChI is InChI=1S/C62H84N2O36/c1-32(65)84-29-44-51(87-34(3)67)54(90-37(6)70)57(92-39(8)72)60(96-44)86-31-46-53(89-36(5)69)56(99-62-58(93-40(9)73)55(91-38(7)71)52(88-35(4)68)45(98-62)30-85-33(2)66)59(94-41(10)74)61(97-46)95-43-13-11-42(12-14-43)63-47(75)17-19-79-21-23-81-25-27-83-28-26-82-24-22-80-20-18-50(78)100-64-48(76)15-16-49(64)77/h11-14,44-46,51-62H,15-31H2,1-10H3,(H,63,75)/t44?,45?,46?,51-,52-,53-,54+,55+,56+,57?,58?,59?,60+,61+,62-/m1/s1. The molecule has 38 nitrogen and oxygen atoms in total. The molecule has 4 saturated heterocycles. The Balaban J connectivity index is 1.32. The van der Waals surface area contributed by atoms with Gasteiger partial charge in [-0.1, -0.05) is 0 Å². The van der Waals surface area contributed by atoms with Gasteiger partial charge in [0.1, 0.15) is 43.4 Å². The number of benzene rings is 1. The Labute approximate surface area is 572 Å². The van der Waals surface area contributed by atoms with Crippen molar-refractivity contribution in [1.29, 1.82) is 0 Å². The lowest BCUT2D eigenvalue weighted by molar-refractivity contribution is -0.360. The number of amides is 3. The topological polar surface area (TPSA) is 457 Å². The Morgan fingerprint density at radius 2 is 0.730 bits per heavy atom. The minimum atomic E-state index is -2.07. The predicted molar refractivity (Wildman–Crippen MR) is 321 cm³/mol. The molecule has 15 atom stereocenters. The van der Waals surface area contributed by atoms with Gasteiger partial charge in [0, 0.05) is 87.8 Å². The van der Waals surface area contributed by atoms with E-state index in [-0.39, 0.29) is 103 Å². The van der Waals surface area contributed by atoms with Gasteiger partial charge in [-0.2, -0.15) is 0 Å². The molecule has 1 aromatic carbocycles. The summed E-state index contributed by atoms with van der Waals surface area (Å²) >= 11 is 0. The summed E-state index contributed by atoms with van der Waals surface area (Å²) in [6, 6.07) is 5.56. The lowest BCUT2D eigenvalue weighted by Gasteiger charge is -2.49. The first-order valence-electron chi connectivity index (χ1n) is 31.4. The summed E-state index contributed by atoms with van der Waals surface area (Å²) in [6.45, 7) is 9.37. The number of hydroxylamine groups is 2. The number of rotatable bonds is 39. The normalized spacial score (nSPS) is 25.6. The van der Waals surface area contributed by atoms with E-state index in [1.165, 1.54) is 24.3 Å². The summed E-state index contributed by atoms with van der Waals surface area (Å²) < 4.78 is 121. The third-order valence-electron chi connectivity index (χ3n) is 13.8. The summed E-state index contributed by atoms with van der Waals surface area (Å²) in [5.41, 5.74) is 0.254. The summed E-state index contributed by atoms with van der Waals surface area (Å²) in [5, 5.41) is 3.18. The van der Waals surface area contributed by atoms with Crippen LogP contribution in [0.3, 0.4) is 0 Å². The molecule has 1 N–H and O–H groups in total. The molecule has 1 aromatic rings. The number of anilines is 1. The average molecular weight is 1430 g/mol. The van der Waals surface area contributed by atoms with Crippen LogP contribution in [-0.4, -0.2) is 266 Å². The van der Waals surface area contributed by atoms with Crippen LogP contribution in [0.4, 0.5) is 5.69 Å². The van der Waals surface area contributed by atoms with Crippen LogP contribution in [-0.2, 0) is 167 Å². The third-order valence-corrected chi connectivity index (χ3v) is 13.8. The van der Waals surface area contributed by atoms with Gasteiger partial charge in [-0.05, 0) is 24.3 Å². The first-order chi connectivity index (χ1) is 47.5. The lowest BCUT2D eigenvalue weighted by atomic mass is 9.95. The van der Waals surface area contributed by atoms with E-state index in [9.17, 15) is 67.1 Å². The van der Waals surface area contributed by atoms with Crippen molar-refractivity contribution < 1.29 is 171 Å². The molecule has 5 rings (SSSR count). The Bertz CT molecular complexity index is 2950. The Morgan fingerprint density at radius 1 is 0.390 bits per heavy atom. The van der Waals surface area contributed by atoms with E-state index in [0.717, 1.165) is 69.2 Å². The molecule has 0 bridgehead atoms. The maximum atomic E-state index is 13.3. The summed E-state index contributed by atoms with van der Waals surface area (Å²) in [5.74, 6) is -12.2. The number of ether oxygens (including phenoxy) is 21. The van der Waals surface area contributed by atoms with Crippen LogP contribution in [0.15, 0.2) is 24.3 Å². The summed E-state index contributed by atoms with van der Waals surface area (Å²) in [6.07, 6.45) is -27.4. The first kappa shape index (κ1) is 82.1. The number of imide groups is 1. The van der Waals surface area contributed by atoms with E-state index in [1.807, 2.05) is 0 Å². The van der Waals surface area contributed by atoms with Crippen LogP contribution in [0, 0.1) is 0 Å². The highest BCUT2D eigenvalue weighted by atomic mass is 16.8. The van der Waals surface area contributed by atoms with Gasteiger partial charge in [-0.15, -0.1) is 5.06 Å². The zero-order valence-electron chi connectivity index (χ0n) is 56.6. The van der Waals surface area contributed by atoms with Crippen molar-refractivity contribution in [3.8, 4) is 5.75 Å². The van der Waals surface area contributed by atoms with Gasteiger partial charge < -0.3 is 110 Å². The molecule has 6 unspecified atom stereocenters. The molecule has 0 aliphatic carbocycles. The van der Waals surface area contributed by atoms with Crippen molar-refractivity contribution in [2.45, 2.75) is 187 Å². The molecule has 0 saturated carbocycles. The monoisotopic (exact) mass is 1430 g/mol. The zero-order chi connectivity index (χ0) is 73.6. The number of carbonyl (C=O) groups is 14. The molecule has 0 spiro atoms. The highest BCUT2D eigenvalue weighted by molar-refractivity contribution is 6.01. The van der Waals surface area contributed by atoms with Crippen molar-refractivity contribution in [2.24, 2.45) is 0 Å². The molecule has 0 aromatic heterocycles. The van der Waals surface area contributed by atoms with E-state index in [4.69, 9.17) is 104 Å². The Hall–Kier alpha value is -8.60. The van der Waals surface area contributed by atoms with Gasteiger partial charge >= 0.3 is 65.7 Å². The molecular formula is C62H84N2O36. The van der Waals surface area contributed by atoms with Crippen LogP contribution in [0.1, 0.15) is 94.9 Å². The fourth-order valence-electron chi connectivity index (χ4n) is 9.96. The molecular weight excluding hydrogens is 1350 g/mol. The number of hydrogen-bond donors (Lipinski definition) is 1. The molecule has 0 radical (unpaired) electrons. The molecule has 4 heterocycles. The molecule has 4 fully saturated rings.